The van der Waals surface area contributed by atoms with Gasteiger partial charge in [-0.1, -0.05) is 5.16 Å². The van der Waals surface area contributed by atoms with E-state index in [0.29, 0.717) is 5.56 Å². The largest absolute Gasteiger partial charge is 0.361 e. The van der Waals surface area contributed by atoms with Crippen LogP contribution in [0.2, 0.25) is 0 Å². The van der Waals surface area contributed by atoms with Gasteiger partial charge in [-0.2, -0.15) is 5.10 Å². The Labute approximate surface area is 148 Å². The third-order valence-electron chi connectivity index (χ3n) is 4.60. The lowest BCUT2D eigenvalue weighted by Crippen LogP contribution is -2.48. The van der Waals surface area contributed by atoms with Crippen molar-refractivity contribution in [2.24, 2.45) is 0 Å². The number of aryl methyl sites for hydroxylation is 1. The monoisotopic (exact) mass is 345 g/mol. The summed E-state index contributed by atoms with van der Waals surface area (Å²) < 4.78 is 7.04. The Bertz CT molecular complexity index is 748. The smallest absolute Gasteiger partial charge is 0.257 e. The van der Waals surface area contributed by atoms with Crippen LogP contribution in [0.5, 0.6) is 0 Å². The summed E-state index contributed by atoms with van der Waals surface area (Å²) in [4.78, 5) is 17.1. The number of hydrogen-bond acceptors (Lipinski definition) is 5. The van der Waals surface area contributed by atoms with Crippen LogP contribution in [0.15, 0.2) is 16.8 Å². The van der Waals surface area contributed by atoms with Gasteiger partial charge < -0.3 is 9.42 Å². The van der Waals surface area contributed by atoms with Crippen LogP contribution in [0.25, 0.3) is 0 Å². The molecule has 1 saturated heterocycles. The van der Waals surface area contributed by atoms with Crippen LogP contribution in [0.4, 0.5) is 0 Å². The first-order valence-electron chi connectivity index (χ1n) is 8.74. The Morgan fingerprint density at radius 2 is 1.88 bits per heavy atom. The van der Waals surface area contributed by atoms with E-state index in [0.717, 1.165) is 49.9 Å². The molecule has 0 N–H and O–H groups in total. The van der Waals surface area contributed by atoms with Gasteiger partial charge in [0.05, 0.1) is 23.0 Å². The molecule has 0 saturated carbocycles. The zero-order valence-electron chi connectivity index (χ0n) is 15.7. The molecule has 7 heteroatoms. The van der Waals surface area contributed by atoms with Crippen molar-refractivity contribution in [3.63, 3.8) is 0 Å². The van der Waals surface area contributed by atoms with Crippen LogP contribution in [-0.2, 0) is 12.1 Å². The van der Waals surface area contributed by atoms with Gasteiger partial charge in [-0.15, -0.1) is 0 Å². The summed E-state index contributed by atoms with van der Waals surface area (Å²) in [6, 6.07) is 1.96. The van der Waals surface area contributed by atoms with Gasteiger partial charge in [0.15, 0.2) is 0 Å². The molecule has 0 bridgehead atoms. The lowest BCUT2D eigenvalue weighted by molar-refractivity contribution is 0.0624. The van der Waals surface area contributed by atoms with Gasteiger partial charge in [-0.25, -0.2) is 0 Å². The number of rotatable bonds is 3. The van der Waals surface area contributed by atoms with Crippen molar-refractivity contribution >= 4 is 5.91 Å². The lowest BCUT2D eigenvalue weighted by Gasteiger charge is -2.34. The Morgan fingerprint density at radius 1 is 1.20 bits per heavy atom. The highest BCUT2D eigenvalue weighted by molar-refractivity contribution is 5.95. The third kappa shape index (κ3) is 3.76. The van der Waals surface area contributed by atoms with E-state index in [2.05, 4.69) is 35.9 Å². The molecule has 0 unspecified atom stereocenters. The van der Waals surface area contributed by atoms with Gasteiger partial charge >= 0.3 is 0 Å². The fourth-order valence-corrected chi connectivity index (χ4v) is 3.30. The summed E-state index contributed by atoms with van der Waals surface area (Å²) in [5.41, 5.74) is 2.45. The van der Waals surface area contributed by atoms with Crippen LogP contribution in [0.3, 0.4) is 0 Å². The van der Waals surface area contributed by atoms with Crippen molar-refractivity contribution in [1.82, 2.24) is 24.7 Å². The third-order valence-corrected chi connectivity index (χ3v) is 4.60. The van der Waals surface area contributed by atoms with Gasteiger partial charge in [0, 0.05) is 44.5 Å². The van der Waals surface area contributed by atoms with Crippen LogP contribution < -0.4 is 0 Å². The number of piperazine rings is 1. The summed E-state index contributed by atoms with van der Waals surface area (Å²) >= 11 is 0. The maximum Gasteiger partial charge on any atom is 0.257 e. The van der Waals surface area contributed by atoms with Crippen molar-refractivity contribution in [2.75, 3.05) is 26.2 Å². The van der Waals surface area contributed by atoms with E-state index < -0.39 is 0 Å². The lowest BCUT2D eigenvalue weighted by atomic mass is 10.1. The standard InChI is InChI=1S/C18H27N5O2/c1-13-10-15(20-25-13)12-21-6-8-22(9-7-21)17(24)16-11-19-23(14(16)2)18(3,4)5/h10-11H,6-9,12H2,1-5H3. The highest BCUT2D eigenvalue weighted by atomic mass is 16.5. The van der Waals surface area contributed by atoms with Gasteiger partial charge in [-0.3, -0.25) is 14.4 Å². The zero-order chi connectivity index (χ0) is 18.2. The second kappa shape index (κ2) is 6.63. The molecule has 136 valence electrons. The number of hydrogen-bond donors (Lipinski definition) is 0. The number of amides is 1. The Kier molecular flexibility index (Phi) is 4.69. The van der Waals surface area contributed by atoms with Crippen LogP contribution in [-0.4, -0.2) is 56.8 Å². The summed E-state index contributed by atoms with van der Waals surface area (Å²) in [6.45, 7) is 14.0. The molecule has 0 aliphatic carbocycles. The molecule has 2 aromatic rings. The van der Waals surface area contributed by atoms with Crippen molar-refractivity contribution in [3.8, 4) is 0 Å². The topological polar surface area (TPSA) is 67.4 Å². The molecule has 1 aliphatic rings. The fourth-order valence-electron chi connectivity index (χ4n) is 3.30. The first-order valence-corrected chi connectivity index (χ1v) is 8.74. The minimum atomic E-state index is -0.128. The highest BCUT2D eigenvalue weighted by Crippen LogP contribution is 2.20. The van der Waals surface area contributed by atoms with E-state index in [-0.39, 0.29) is 11.4 Å². The molecule has 7 nitrogen and oxygen atoms in total. The molecule has 3 heterocycles. The van der Waals surface area contributed by atoms with E-state index in [1.807, 2.05) is 29.5 Å². The normalized spacial score (nSPS) is 16.4. The number of carbonyl (C=O) groups excluding carboxylic acids is 1. The first-order chi connectivity index (χ1) is 11.8. The van der Waals surface area contributed by atoms with Crippen LogP contribution in [0, 0.1) is 13.8 Å². The number of aromatic nitrogens is 3. The van der Waals surface area contributed by atoms with E-state index in [1.165, 1.54) is 0 Å². The van der Waals surface area contributed by atoms with E-state index >= 15 is 0 Å². The average Bonchev–Trinajstić information content (AvgIpc) is 3.13. The number of carbonyl (C=O) groups is 1. The maximum absolute atomic E-state index is 12.9. The SMILES string of the molecule is Cc1cc(CN2CCN(C(=O)c3cnn(C(C)(C)C)c3C)CC2)no1. The van der Waals surface area contributed by atoms with Crippen molar-refractivity contribution in [1.29, 1.82) is 0 Å². The van der Waals surface area contributed by atoms with Gasteiger partial charge in [-0.05, 0) is 34.6 Å². The minimum Gasteiger partial charge on any atom is -0.361 e. The molecule has 0 aromatic carbocycles. The molecule has 0 atom stereocenters. The van der Waals surface area contributed by atoms with E-state index in [9.17, 15) is 4.79 Å². The number of nitrogens with zero attached hydrogens (tertiary/aromatic N) is 5. The van der Waals surface area contributed by atoms with Crippen LogP contribution >= 0.6 is 0 Å². The van der Waals surface area contributed by atoms with Crippen molar-refractivity contribution < 1.29 is 9.32 Å². The zero-order valence-corrected chi connectivity index (χ0v) is 15.7. The quantitative estimate of drug-likeness (QED) is 0.853. The summed E-state index contributed by atoms with van der Waals surface area (Å²) in [6.07, 6.45) is 1.70. The van der Waals surface area contributed by atoms with Gasteiger partial charge in [0.1, 0.15) is 5.76 Å². The first kappa shape index (κ1) is 17.7. The van der Waals surface area contributed by atoms with Crippen molar-refractivity contribution in [2.45, 2.75) is 46.7 Å². The molecule has 2 aromatic heterocycles. The molecule has 1 fully saturated rings. The Balaban J connectivity index is 1.61. The molecule has 0 radical (unpaired) electrons. The van der Waals surface area contributed by atoms with E-state index in [1.54, 1.807) is 6.20 Å². The predicted octanol–water partition coefficient (Wildman–Crippen LogP) is 2.20. The maximum atomic E-state index is 12.9. The summed E-state index contributed by atoms with van der Waals surface area (Å²) in [5.74, 6) is 0.903. The van der Waals surface area contributed by atoms with E-state index in [4.69, 9.17) is 4.52 Å². The second-order valence-corrected chi connectivity index (χ2v) is 7.72. The molecular weight excluding hydrogens is 318 g/mol. The molecule has 1 amide bonds. The molecule has 0 spiro atoms. The van der Waals surface area contributed by atoms with Crippen LogP contribution in [0.1, 0.15) is 48.3 Å². The summed E-state index contributed by atoms with van der Waals surface area (Å²) in [5, 5.41) is 8.46. The van der Waals surface area contributed by atoms with Crippen molar-refractivity contribution in [3.05, 3.63) is 35.0 Å². The highest BCUT2D eigenvalue weighted by Gasteiger charge is 2.27. The fraction of sp³-hybridized carbons (Fsp3) is 0.611. The molecule has 3 rings (SSSR count). The Hall–Kier alpha value is -2.15. The molecule has 1 aliphatic heterocycles. The van der Waals surface area contributed by atoms with Gasteiger partial charge in [0.25, 0.3) is 5.91 Å². The minimum absolute atomic E-state index is 0.0740. The molecular formula is C18H27N5O2. The molecule has 25 heavy (non-hydrogen) atoms. The Morgan fingerprint density at radius 3 is 2.40 bits per heavy atom. The second-order valence-electron chi connectivity index (χ2n) is 7.72. The van der Waals surface area contributed by atoms with Gasteiger partial charge in [0.2, 0.25) is 0 Å². The predicted molar refractivity (Wildman–Crippen MR) is 94.4 cm³/mol. The summed E-state index contributed by atoms with van der Waals surface area (Å²) in [7, 11) is 0. The average molecular weight is 345 g/mol.